The predicted octanol–water partition coefficient (Wildman–Crippen LogP) is 3.81. The van der Waals surface area contributed by atoms with E-state index in [1.807, 2.05) is 56.3 Å². The van der Waals surface area contributed by atoms with Gasteiger partial charge < -0.3 is 9.32 Å². The van der Waals surface area contributed by atoms with Gasteiger partial charge in [-0.1, -0.05) is 42.5 Å². The van der Waals surface area contributed by atoms with Crippen molar-refractivity contribution in [3.05, 3.63) is 71.0 Å². The maximum Gasteiger partial charge on any atom is 0.227 e. The Kier molecular flexibility index (Phi) is 5.21. The third kappa shape index (κ3) is 4.08. The van der Waals surface area contributed by atoms with Gasteiger partial charge in [0.05, 0.1) is 24.2 Å². The molecule has 0 radical (unpaired) electrons. The second-order valence-corrected chi connectivity index (χ2v) is 10.1. The van der Waals surface area contributed by atoms with E-state index in [-0.39, 0.29) is 29.9 Å². The zero-order valence-electron chi connectivity index (χ0n) is 16.7. The van der Waals surface area contributed by atoms with Crippen molar-refractivity contribution in [2.45, 2.75) is 39.3 Å². The third-order valence-electron chi connectivity index (χ3n) is 5.85. The van der Waals surface area contributed by atoms with Gasteiger partial charge in [-0.05, 0) is 37.0 Å². The lowest BCUT2D eigenvalue weighted by molar-refractivity contribution is -0.133. The number of nitrogens with zero attached hydrogens (tertiary/aromatic N) is 1. The summed E-state index contributed by atoms with van der Waals surface area (Å²) in [4.78, 5) is 15.0. The molecule has 1 fully saturated rings. The van der Waals surface area contributed by atoms with E-state index >= 15 is 0 Å². The SMILES string of the molecule is Cc1ccc2c(CC(=O)N(Cc3ccccc3)C3CCS(=O)(=O)C3)coc2c1C. The van der Waals surface area contributed by atoms with Crippen LogP contribution in [0, 0.1) is 13.8 Å². The Bertz CT molecular complexity index is 1150. The molecule has 0 bridgehead atoms. The summed E-state index contributed by atoms with van der Waals surface area (Å²) in [6.07, 6.45) is 2.34. The first-order valence-electron chi connectivity index (χ1n) is 9.84. The van der Waals surface area contributed by atoms with Gasteiger partial charge in [0.15, 0.2) is 9.84 Å². The van der Waals surface area contributed by atoms with Crippen LogP contribution < -0.4 is 0 Å². The van der Waals surface area contributed by atoms with Crippen LogP contribution in [0.5, 0.6) is 0 Å². The number of furan rings is 1. The first-order chi connectivity index (χ1) is 13.8. The fourth-order valence-corrected chi connectivity index (χ4v) is 5.74. The van der Waals surface area contributed by atoms with Crippen molar-refractivity contribution in [1.29, 1.82) is 0 Å². The van der Waals surface area contributed by atoms with Gasteiger partial charge in [-0.15, -0.1) is 0 Å². The number of hydrogen-bond donors (Lipinski definition) is 0. The largest absolute Gasteiger partial charge is 0.464 e. The summed E-state index contributed by atoms with van der Waals surface area (Å²) in [5.41, 5.74) is 4.86. The normalized spacial score (nSPS) is 18.2. The van der Waals surface area contributed by atoms with Crippen LogP contribution in [0.4, 0.5) is 0 Å². The van der Waals surface area contributed by atoms with Crippen molar-refractivity contribution < 1.29 is 17.6 Å². The first kappa shape index (κ1) is 19.7. The Labute approximate surface area is 171 Å². The van der Waals surface area contributed by atoms with Gasteiger partial charge in [0.1, 0.15) is 5.58 Å². The molecule has 3 aromatic rings. The number of hydrogen-bond acceptors (Lipinski definition) is 4. The highest BCUT2D eigenvalue weighted by Crippen LogP contribution is 2.28. The van der Waals surface area contributed by atoms with Crippen LogP contribution in [0.3, 0.4) is 0 Å². The standard InChI is InChI=1S/C23H25NO4S/c1-16-8-9-21-19(14-28-23(21)17(16)2)12-22(25)24(13-18-6-4-3-5-7-18)20-10-11-29(26,27)15-20/h3-9,14,20H,10-13,15H2,1-2H3. The lowest BCUT2D eigenvalue weighted by Crippen LogP contribution is -2.41. The molecule has 152 valence electrons. The molecule has 1 amide bonds. The van der Waals surface area contributed by atoms with Crippen molar-refractivity contribution in [1.82, 2.24) is 4.90 Å². The lowest BCUT2D eigenvalue weighted by Gasteiger charge is -2.28. The smallest absolute Gasteiger partial charge is 0.227 e. The van der Waals surface area contributed by atoms with Crippen LogP contribution in [0.25, 0.3) is 11.0 Å². The summed E-state index contributed by atoms with van der Waals surface area (Å²) in [6.45, 7) is 4.45. The highest BCUT2D eigenvalue weighted by atomic mass is 32.2. The molecule has 1 aliphatic rings. The molecular weight excluding hydrogens is 386 g/mol. The van der Waals surface area contributed by atoms with Gasteiger partial charge in [-0.2, -0.15) is 0 Å². The molecule has 6 heteroatoms. The minimum absolute atomic E-state index is 0.0377. The summed E-state index contributed by atoms with van der Waals surface area (Å²) in [5, 5.41) is 0.945. The van der Waals surface area contributed by atoms with E-state index in [2.05, 4.69) is 0 Å². The Morgan fingerprint density at radius 2 is 1.90 bits per heavy atom. The monoisotopic (exact) mass is 411 g/mol. The average Bonchev–Trinajstić information content (AvgIpc) is 3.26. The molecule has 0 saturated carbocycles. The van der Waals surface area contributed by atoms with E-state index in [0.717, 1.165) is 33.2 Å². The minimum atomic E-state index is -3.09. The Balaban J connectivity index is 1.62. The number of carbonyl (C=O) groups excluding carboxylic acids is 1. The van der Waals surface area contributed by atoms with E-state index in [0.29, 0.717) is 13.0 Å². The van der Waals surface area contributed by atoms with Gasteiger partial charge in [0.2, 0.25) is 5.91 Å². The third-order valence-corrected chi connectivity index (χ3v) is 7.60. The number of carbonyl (C=O) groups is 1. The van der Waals surface area contributed by atoms with Crippen LogP contribution in [-0.4, -0.2) is 36.8 Å². The Morgan fingerprint density at radius 3 is 2.59 bits per heavy atom. The molecule has 2 aromatic carbocycles. The highest BCUT2D eigenvalue weighted by Gasteiger charge is 2.34. The van der Waals surface area contributed by atoms with Gasteiger partial charge in [0.25, 0.3) is 0 Å². The average molecular weight is 412 g/mol. The molecule has 5 nitrogen and oxygen atoms in total. The quantitative estimate of drug-likeness (QED) is 0.640. The zero-order valence-corrected chi connectivity index (χ0v) is 17.5. The molecule has 1 aromatic heterocycles. The molecule has 2 heterocycles. The van der Waals surface area contributed by atoms with Crippen molar-refractivity contribution in [3.8, 4) is 0 Å². The molecule has 1 aliphatic heterocycles. The second kappa shape index (κ2) is 7.67. The Morgan fingerprint density at radius 1 is 1.14 bits per heavy atom. The van der Waals surface area contributed by atoms with E-state index in [1.165, 1.54) is 0 Å². The highest BCUT2D eigenvalue weighted by molar-refractivity contribution is 7.91. The lowest BCUT2D eigenvalue weighted by atomic mass is 10.0. The molecule has 1 unspecified atom stereocenters. The van der Waals surface area contributed by atoms with Crippen molar-refractivity contribution in [2.75, 3.05) is 11.5 Å². The number of benzene rings is 2. The number of amides is 1. The van der Waals surface area contributed by atoms with Crippen LogP contribution in [0.2, 0.25) is 0 Å². The fourth-order valence-electron chi connectivity index (χ4n) is 4.01. The molecular formula is C23H25NO4S. The van der Waals surface area contributed by atoms with E-state index in [9.17, 15) is 13.2 Å². The summed E-state index contributed by atoms with van der Waals surface area (Å²) in [5.74, 6) is 0.108. The van der Waals surface area contributed by atoms with Crippen molar-refractivity contribution >= 4 is 26.7 Å². The molecule has 4 rings (SSSR count). The zero-order chi connectivity index (χ0) is 20.6. The number of sulfone groups is 1. The molecule has 0 aliphatic carbocycles. The van der Waals surface area contributed by atoms with Crippen LogP contribution >= 0.6 is 0 Å². The summed E-state index contributed by atoms with van der Waals surface area (Å²) < 4.78 is 29.8. The number of aryl methyl sites for hydroxylation is 2. The summed E-state index contributed by atoms with van der Waals surface area (Å²) >= 11 is 0. The van der Waals surface area contributed by atoms with Gasteiger partial charge in [0, 0.05) is 23.5 Å². The second-order valence-electron chi connectivity index (χ2n) is 7.89. The summed E-state index contributed by atoms with van der Waals surface area (Å²) in [6, 6.07) is 13.5. The first-order valence-corrected chi connectivity index (χ1v) is 11.7. The van der Waals surface area contributed by atoms with E-state index in [4.69, 9.17) is 4.42 Å². The predicted molar refractivity (Wildman–Crippen MR) is 113 cm³/mol. The van der Waals surface area contributed by atoms with Gasteiger partial charge in [-0.3, -0.25) is 4.79 Å². The Hall–Kier alpha value is -2.60. The van der Waals surface area contributed by atoms with Crippen LogP contribution in [-0.2, 0) is 27.6 Å². The van der Waals surface area contributed by atoms with Crippen molar-refractivity contribution in [3.63, 3.8) is 0 Å². The summed E-state index contributed by atoms with van der Waals surface area (Å²) in [7, 11) is -3.09. The van der Waals surface area contributed by atoms with Crippen LogP contribution in [0.1, 0.15) is 28.7 Å². The maximum atomic E-state index is 13.3. The fraction of sp³-hybridized carbons (Fsp3) is 0.348. The van der Waals surface area contributed by atoms with E-state index in [1.54, 1.807) is 11.2 Å². The molecule has 1 atom stereocenters. The minimum Gasteiger partial charge on any atom is -0.464 e. The molecule has 29 heavy (non-hydrogen) atoms. The molecule has 1 saturated heterocycles. The molecule has 0 N–H and O–H groups in total. The van der Waals surface area contributed by atoms with Gasteiger partial charge >= 0.3 is 0 Å². The van der Waals surface area contributed by atoms with Crippen molar-refractivity contribution in [2.24, 2.45) is 0 Å². The van der Waals surface area contributed by atoms with Crippen LogP contribution in [0.15, 0.2) is 53.1 Å². The number of rotatable bonds is 5. The maximum absolute atomic E-state index is 13.3. The molecule has 0 spiro atoms. The number of fused-ring (bicyclic) bond motifs is 1. The van der Waals surface area contributed by atoms with Gasteiger partial charge in [-0.25, -0.2) is 8.42 Å². The topological polar surface area (TPSA) is 67.6 Å². The van der Waals surface area contributed by atoms with E-state index < -0.39 is 9.84 Å².